The van der Waals surface area contributed by atoms with E-state index in [0.717, 1.165) is 16.9 Å². The predicted octanol–water partition coefficient (Wildman–Crippen LogP) is 6.29. The van der Waals surface area contributed by atoms with E-state index in [2.05, 4.69) is 89.9 Å². The van der Waals surface area contributed by atoms with Gasteiger partial charge in [0.05, 0.1) is 0 Å². The number of anilines is 1. The maximum Gasteiger partial charge on any atom is 0.136 e. The van der Waals surface area contributed by atoms with Gasteiger partial charge in [0.1, 0.15) is 11.9 Å². The van der Waals surface area contributed by atoms with Crippen molar-refractivity contribution in [3.63, 3.8) is 0 Å². The molecule has 0 radical (unpaired) electrons. The first kappa shape index (κ1) is 18.8. The van der Waals surface area contributed by atoms with Crippen molar-refractivity contribution in [2.24, 2.45) is 0 Å². The first-order chi connectivity index (χ1) is 14.2. The van der Waals surface area contributed by atoms with Crippen LogP contribution >= 0.6 is 0 Å². The Hall–Kier alpha value is -3.52. The number of hydrogen-bond acceptors (Lipinski definition) is 2. The van der Waals surface area contributed by atoms with Crippen LogP contribution in [-0.4, -0.2) is 20.2 Å². The summed E-state index contributed by atoms with van der Waals surface area (Å²) in [5.74, 6) is 0.893. The molecule has 1 unspecified atom stereocenters. The van der Waals surface area contributed by atoms with Crippen LogP contribution in [0.25, 0.3) is 17.4 Å². The van der Waals surface area contributed by atoms with Crippen molar-refractivity contribution in [3.05, 3.63) is 120 Å². The molecule has 0 saturated heterocycles. The molecule has 0 spiro atoms. The second-order valence-corrected chi connectivity index (χ2v) is 7.29. The molecule has 0 aromatic heterocycles. The Balaban J connectivity index is 1.62. The zero-order valence-electron chi connectivity index (χ0n) is 16.8. The normalized spacial score (nSPS) is 16.1. The number of nitrogens with zero attached hydrogens (tertiary/aromatic N) is 1. The Morgan fingerprint density at radius 2 is 1.38 bits per heavy atom. The summed E-state index contributed by atoms with van der Waals surface area (Å²) in [6.07, 6.45) is 8.41. The summed E-state index contributed by atoms with van der Waals surface area (Å²) in [5, 5.41) is 0. The molecule has 144 valence electrons. The summed E-state index contributed by atoms with van der Waals surface area (Å²) in [4.78, 5) is 2.10. The van der Waals surface area contributed by atoms with Crippen molar-refractivity contribution in [1.29, 1.82) is 0 Å². The first-order valence-electron chi connectivity index (χ1n) is 9.86. The molecule has 0 bridgehead atoms. The first-order valence-corrected chi connectivity index (χ1v) is 9.86. The van der Waals surface area contributed by atoms with Crippen LogP contribution in [0.1, 0.15) is 16.7 Å². The molecule has 0 saturated carbocycles. The summed E-state index contributed by atoms with van der Waals surface area (Å²) >= 11 is 0. The Morgan fingerprint density at radius 1 is 0.759 bits per heavy atom. The summed E-state index contributed by atoms with van der Waals surface area (Å²) in [6, 6.07) is 29.2. The van der Waals surface area contributed by atoms with Crippen LogP contribution < -0.4 is 4.90 Å². The van der Waals surface area contributed by atoms with Gasteiger partial charge in [-0.25, -0.2) is 0 Å². The van der Waals surface area contributed by atoms with Gasteiger partial charge in [-0.2, -0.15) is 0 Å². The van der Waals surface area contributed by atoms with Crippen LogP contribution in [0.5, 0.6) is 0 Å². The minimum Gasteiger partial charge on any atom is -0.482 e. The molecular formula is C27H25NO. The SMILES string of the molecule is CN(C)c1ccc(/C=C/C2C=C(c3ccccc3)C=C(c3ccccc3)O2)cc1. The minimum absolute atomic E-state index is 0.126. The van der Waals surface area contributed by atoms with E-state index in [1.54, 1.807) is 0 Å². The summed E-state index contributed by atoms with van der Waals surface area (Å²) in [5.41, 5.74) is 5.80. The molecule has 1 heterocycles. The fourth-order valence-corrected chi connectivity index (χ4v) is 3.33. The van der Waals surface area contributed by atoms with Gasteiger partial charge < -0.3 is 9.64 Å². The van der Waals surface area contributed by atoms with Gasteiger partial charge in [0.15, 0.2) is 0 Å². The summed E-state index contributed by atoms with van der Waals surface area (Å²) in [6.45, 7) is 0. The topological polar surface area (TPSA) is 12.5 Å². The van der Waals surface area contributed by atoms with Crippen LogP contribution in [0.4, 0.5) is 5.69 Å². The molecule has 0 amide bonds. The number of rotatable bonds is 5. The lowest BCUT2D eigenvalue weighted by Crippen LogP contribution is -2.11. The Bertz CT molecular complexity index is 1030. The highest BCUT2D eigenvalue weighted by Crippen LogP contribution is 2.30. The molecule has 2 heteroatoms. The number of hydrogen-bond donors (Lipinski definition) is 0. The average molecular weight is 380 g/mol. The maximum absolute atomic E-state index is 6.30. The van der Waals surface area contributed by atoms with Crippen LogP contribution in [0, 0.1) is 0 Å². The van der Waals surface area contributed by atoms with Crippen molar-refractivity contribution in [2.75, 3.05) is 19.0 Å². The van der Waals surface area contributed by atoms with E-state index in [1.165, 1.54) is 16.8 Å². The molecule has 0 fully saturated rings. The van der Waals surface area contributed by atoms with Crippen molar-refractivity contribution >= 4 is 23.1 Å². The lowest BCUT2D eigenvalue weighted by molar-refractivity contribution is 0.253. The molecule has 0 N–H and O–H groups in total. The van der Waals surface area contributed by atoms with Gasteiger partial charge in [0, 0.05) is 25.3 Å². The number of allylic oxidation sites excluding steroid dienone is 2. The average Bonchev–Trinajstić information content (AvgIpc) is 2.79. The van der Waals surface area contributed by atoms with Crippen LogP contribution in [0.15, 0.2) is 103 Å². The Kier molecular flexibility index (Phi) is 5.62. The van der Waals surface area contributed by atoms with Crippen LogP contribution in [0.3, 0.4) is 0 Å². The van der Waals surface area contributed by atoms with Gasteiger partial charge in [0.25, 0.3) is 0 Å². The van der Waals surface area contributed by atoms with E-state index < -0.39 is 0 Å². The van der Waals surface area contributed by atoms with E-state index in [0.29, 0.717) is 0 Å². The van der Waals surface area contributed by atoms with Gasteiger partial charge in [-0.1, -0.05) is 78.9 Å². The lowest BCUT2D eigenvalue weighted by Gasteiger charge is -2.22. The van der Waals surface area contributed by atoms with Gasteiger partial charge in [-0.3, -0.25) is 0 Å². The van der Waals surface area contributed by atoms with Crippen LogP contribution in [0.2, 0.25) is 0 Å². The monoisotopic (exact) mass is 379 g/mol. The molecule has 2 nitrogen and oxygen atoms in total. The van der Waals surface area contributed by atoms with Gasteiger partial charge in [0.2, 0.25) is 0 Å². The molecule has 3 aromatic rings. The molecule has 29 heavy (non-hydrogen) atoms. The smallest absolute Gasteiger partial charge is 0.136 e. The van der Waals surface area contributed by atoms with Crippen molar-refractivity contribution in [1.82, 2.24) is 0 Å². The highest BCUT2D eigenvalue weighted by Gasteiger charge is 2.16. The minimum atomic E-state index is -0.126. The number of ether oxygens (including phenoxy) is 1. The Labute approximate surface area is 173 Å². The van der Waals surface area contributed by atoms with Crippen molar-refractivity contribution in [3.8, 4) is 0 Å². The van der Waals surface area contributed by atoms with Crippen molar-refractivity contribution < 1.29 is 4.74 Å². The lowest BCUT2D eigenvalue weighted by atomic mass is 9.99. The predicted molar refractivity (Wildman–Crippen MR) is 124 cm³/mol. The molecule has 1 aliphatic rings. The Morgan fingerprint density at radius 3 is 2.00 bits per heavy atom. The van der Waals surface area contributed by atoms with Gasteiger partial charge in [-0.15, -0.1) is 0 Å². The molecule has 0 aliphatic carbocycles. The maximum atomic E-state index is 6.30. The summed E-state index contributed by atoms with van der Waals surface area (Å²) < 4.78 is 6.30. The standard InChI is InChI=1S/C27H25NO/c1-28(2)25-16-13-21(14-17-25)15-18-26-19-24(22-9-5-3-6-10-22)20-27(29-26)23-11-7-4-8-12-23/h3-20,26H,1-2H3/b18-15+. The zero-order chi connectivity index (χ0) is 20.1. The van der Waals surface area contributed by atoms with E-state index in [1.807, 2.05) is 38.4 Å². The molecule has 3 aromatic carbocycles. The summed E-state index contributed by atoms with van der Waals surface area (Å²) in [7, 11) is 4.10. The molecule has 1 aliphatic heterocycles. The van der Waals surface area contributed by atoms with E-state index in [9.17, 15) is 0 Å². The second kappa shape index (κ2) is 8.66. The fourth-order valence-electron chi connectivity index (χ4n) is 3.33. The third-order valence-electron chi connectivity index (χ3n) is 4.95. The second-order valence-electron chi connectivity index (χ2n) is 7.29. The highest BCUT2D eigenvalue weighted by molar-refractivity contribution is 5.84. The highest BCUT2D eigenvalue weighted by atomic mass is 16.5. The largest absolute Gasteiger partial charge is 0.482 e. The van der Waals surface area contributed by atoms with Crippen molar-refractivity contribution in [2.45, 2.75) is 6.10 Å². The van der Waals surface area contributed by atoms with E-state index >= 15 is 0 Å². The number of benzene rings is 3. The quantitative estimate of drug-likeness (QED) is 0.516. The van der Waals surface area contributed by atoms with E-state index in [4.69, 9.17) is 4.74 Å². The van der Waals surface area contributed by atoms with E-state index in [-0.39, 0.29) is 6.10 Å². The third-order valence-corrected chi connectivity index (χ3v) is 4.95. The molecule has 1 atom stereocenters. The third kappa shape index (κ3) is 4.67. The van der Waals surface area contributed by atoms with Gasteiger partial charge >= 0.3 is 0 Å². The van der Waals surface area contributed by atoms with Crippen LogP contribution in [-0.2, 0) is 4.74 Å². The van der Waals surface area contributed by atoms with Gasteiger partial charge in [-0.05, 0) is 47.1 Å². The fraction of sp³-hybridized carbons (Fsp3) is 0.111. The zero-order valence-corrected chi connectivity index (χ0v) is 16.8. The molecule has 4 rings (SSSR count). The molecular weight excluding hydrogens is 354 g/mol.